The molecule has 0 saturated carbocycles. The van der Waals surface area contributed by atoms with Crippen LogP contribution in [0.4, 0.5) is 0 Å². The first-order valence-electron chi connectivity index (χ1n) is 4.11. The fourth-order valence-corrected chi connectivity index (χ4v) is 0.916. The minimum atomic E-state index is -0.383. The Morgan fingerprint density at radius 2 is 2.25 bits per heavy atom. The highest BCUT2D eigenvalue weighted by molar-refractivity contribution is 5.93. The van der Waals surface area contributed by atoms with Crippen LogP contribution >= 0.6 is 0 Å². The van der Waals surface area contributed by atoms with Gasteiger partial charge in [-0.05, 0) is 18.9 Å². The Morgan fingerprint density at radius 1 is 1.50 bits per heavy atom. The molecule has 1 aliphatic heterocycles. The summed E-state index contributed by atoms with van der Waals surface area (Å²) in [5.41, 5.74) is 0. The first-order valence-corrected chi connectivity index (χ1v) is 4.11. The number of hydrogen-bond donors (Lipinski definition) is 0. The SMILES string of the molecule is CC1/C=C\C(=O)C(C)OCOC1. The fraction of sp³-hybridized carbons (Fsp3) is 0.667. The summed E-state index contributed by atoms with van der Waals surface area (Å²) >= 11 is 0. The van der Waals surface area contributed by atoms with Crippen LogP contribution in [0.1, 0.15) is 13.8 Å². The molecule has 0 spiro atoms. The van der Waals surface area contributed by atoms with E-state index in [0.717, 1.165) is 0 Å². The molecule has 3 nitrogen and oxygen atoms in total. The summed E-state index contributed by atoms with van der Waals surface area (Å²) in [6, 6.07) is 0. The van der Waals surface area contributed by atoms with E-state index in [2.05, 4.69) is 0 Å². The lowest BCUT2D eigenvalue weighted by molar-refractivity contribution is -0.135. The molecule has 0 fully saturated rings. The van der Waals surface area contributed by atoms with Gasteiger partial charge in [0.1, 0.15) is 12.9 Å². The zero-order valence-electron chi connectivity index (χ0n) is 7.45. The number of ketones is 1. The van der Waals surface area contributed by atoms with Crippen LogP contribution in [-0.4, -0.2) is 25.3 Å². The molecular formula is C9H14O3. The summed E-state index contributed by atoms with van der Waals surface area (Å²) < 4.78 is 10.3. The molecule has 1 heterocycles. The van der Waals surface area contributed by atoms with E-state index in [1.54, 1.807) is 13.0 Å². The standard InChI is InChI=1S/C9H14O3/c1-7-3-4-9(10)8(2)12-6-11-5-7/h3-4,7-8H,5-6H2,1-2H3/b4-3-. The molecule has 2 unspecified atom stereocenters. The molecule has 0 saturated heterocycles. The van der Waals surface area contributed by atoms with Crippen molar-refractivity contribution < 1.29 is 14.3 Å². The lowest BCUT2D eigenvalue weighted by atomic mass is 10.1. The van der Waals surface area contributed by atoms with Gasteiger partial charge < -0.3 is 9.47 Å². The second kappa shape index (κ2) is 4.38. The molecule has 0 aromatic heterocycles. The van der Waals surface area contributed by atoms with E-state index in [9.17, 15) is 4.79 Å². The number of carbonyl (C=O) groups is 1. The Labute approximate surface area is 72.4 Å². The minimum Gasteiger partial charge on any atom is -0.355 e. The predicted octanol–water partition coefficient (Wildman–Crippen LogP) is 1.14. The topological polar surface area (TPSA) is 35.5 Å². The summed E-state index contributed by atoms with van der Waals surface area (Å²) in [5, 5.41) is 0. The number of carbonyl (C=O) groups excluding carboxylic acids is 1. The van der Waals surface area contributed by atoms with E-state index in [0.29, 0.717) is 6.61 Å². The van der Waals surface area contributed by atoms with Crippen LogP contribution in [0.25, 0.3) is 0 Å². The Balaban J connectivity index is 2.58. The van der Waals surface area contributed by atoms with Gasteiger partial charge in [-0.15, -0.1) is 0 Å². The van der Waals surface area contributed by atoms with E-state index in [-0.39, 0.29) is 24.6 Å². The second-order valence-corrected chi connectivity index (χ2v) is 3.04. The number of ether oxygens (including phenoxy) is 2. The molecule has 0 aromatic carbocycles. The van der Waals surface area contributed by atoms with Crippen molar-refractivity contribution in [2.24, 2.45) is 5.92 Å². The van der Waals surface area contributed by atoms with Gasteiger partial charge in [0.2, 0.25) is 0 Å². The van der Waals surface area contributed by atoms with E-state index in [4.69, 9.17) is 9.47 Å². The minimum absolute atomic E-state index is 0.00681. The summed E-state index contributed by atoms with van der Waals surface area (Å²) in [7, 11) is 0. The van der Waals surface area contributed by atoms with Crippen LogP contribution in [0.3, 0.4) is 0 Å². The first kappa shape index (κ1) is 9.42. The summed E-state index contributed by atoms with van der Waals surface area (Å²) in [6.07, 6.45) is 3.05. The molecule has 0 aromatic rings. The lowest BCUT2D eigenvalue weighted by Crippen LogP contribution is -2.19. The van der Waals surface area contributed by atoms with E-state index >= 15 is 0 Å². The van der Waals surface area contributed by atoms with Crippen LogP contribution in [0.5, 0.6) is 0 Å². The second-order valence-electron chi connectivity index (χ2n) is 3.04. The molecule has 3 heteroatoms. The van der Waals surface area contributed by atoms with Crippen LogP contribution in [0.2, 0.25) is 0 Å². The van der Waals surface area contributed by atoms with Crippen molar-refractivity contribution in [2.75, 3.05) is 13.4 Å². The molecule has 1 aliphatic rings. The number of hydrogen-bond acceptors (Lipinski definition) is 3. The van der Waals surface area contributed by atoms with E-state index in [1.165, 1.54) is 0 Å². The van der Waals surface area contributed by atoms with E-state index in [1.807, 2.05) is 13.0 Å². The third-order valence-corrected chi connectivity index (χ3v) is 1.77. The third-order valence-electron chi connectivity index (χ3n) is 1.77. The molecule has 1 rings (SSSR count). The highest BCUT2D eigenvalue weighted by atomic mass is 16.7. The largest absolute Gasteiger partial charge is 0.355 e. The highest BCUT2D eigenvalue weighted by Gasteiger charge is 2.12. The van der Waals surface area contributed by atoms with E-state index < -0.39 is 0 Å². The molecule has 2 atom stereocenters. The van der Waals surface area contributed by atoms with Crippen LogP contribution in [0.15, 0.2) is 12.2 Å². The summed E-state index contributed by atoms with van der Waals surface area (Å²) in [4.78, 5) is 11.2. The van der Waals surface area contributed by atoms with Crippen LogP contribution in [0, 0.1) is 5.92 Å². The van der Waals surface area contributed by atoms with Gasteiger partial charge in [0, 0.05) is 0 Å². The van der Waals surface area contributed by atoms with Gasteiger partial charge in [0.05, 0.1) is 6.61 Å². The quantitative estimate of drug-likeness (QED) is 0.547. The normalized spacial score (nSPS) is 35.0. The molecule has 0 bridgehead atoms. The van der Waals surface area contributed by atoms with Gasteiger partial charge in [0.25, 0.3) is 0 Å². The van der Waals surface area contributed by atoms with Crippen molar-refractivity contribution in [1.82, 2.24) is 0 Å². The lowest BCUT2D eigenvalue weighted by Gasteiger charge is -2.08. The van der Waals surface area contributed by atoms with Crippen molar-refractivity contribution in [2.45, 2.75) is 20.0 Å². The van der Waals surface area contributed by atoms with Gasteiger partial charge in [-0.1, -0.05) is 13.0 Å². The Hall–Kier alpha value is -0.670. The monoisotopic (exact) mass is 170 g/mol. The van der Waals surface area contributed by atoms with Crippen molar-refractivity contribution >= 4 is 5.78 Å². The van der Waals surface area contributed by atoms with Crippen LogP contribution in [-0.2, 0) is 14.3 Å². The van der Waals surface area contributed by atoms with Crippen molar-refractivity contribution in [3.8, 4) is 0 Å². The maximum Gasteiger partial charge on any atom is 0.183 e. The molecule has 0 amide bonds. The first-order chi connectivity index (χ1) is 5.70. The molecule has 0 N–H and O–H groups in total. The Kier molecular flexibility index (Phi) is 3.44. The molecule has 0 aliphatic carbocycles. The van der Waals surface area contributed by atoms with Gasteiger partial charge in [0.15, 0.2) is 5.78 Å². The van der Waals surface area contributed by atoms with Crippen molar-refractivity contribution in [1.29, 1.82) is 0 Å². The van der Waals surface area contributed by atoms with Crippen molar-refractivity contribution in [3.05, 3.63) is 12.2 Å². The summed E-state index contributed by atoms with van der Waals surface area (Å²) in [6.45, 7) is 4.54. The predicted molar refractivity (Wildman–Crippen MR) is 44.7 cm³/mol. The zero-order chi connectivity index (χ0) is 8.97. The maximum atomic E-state index is 11.2. The Bertz CT molecular complexity index is 186. The molecule has 68 valence electrons. The van der Waals surface area contributed by atoms with Crippen LogP contribution < -0.4 is 0 Å². The number of rotatable bonds is 0. The fourth-order valence-electron chi connectivity index (χ4n) is 0.916. The smallest absolute Gasteiger partial charge is 0.183 e. The molecule has 0 radical (unpaired) electrons. The third kappa shape index (κ3) is 2.75. The highest BCUT2D eigenvalue weighted by Crippen LogP contribution is 2.04. The Morgan fingerprint density at radius 3 is 3.00 bits per heavy atom. The average molecular weight is 170 g/mol. The average Bonchev–Trinajstić information content (AvgIpc) is 2.11. The van der Waals surface area contributed by atoms with Crippen molar-refractivity contribution in [3.63, 3.8) is 0 Å². The van der Waals surface area contributed by atoms with Gasteiger partial charge in [-0.25, -0.2) is 0 Å². The van der Waals surface area contributed by atoms with Gasteiger partial charge in [-0.2, -0.15) is 0 Å². The maximum absolute atomic E-state index is 11.2. The van der Waals surface area contributed by atoms with Gasteiger partial charge >= 0.3 is 0 Å². The zero-order valence-corrected chi connectivity index (χ0v) is 7.45. The molecule has 12 heavy (non-hydrogen) atoms. The summed E-state index contributed by atoms with van der Waals surface area (Å²) in [5.74, 6) is 0.287. The molecular weight excluding hydrogens is 156 g/mol. The van der Waals surface area contributed by atoms with Gasteiger partial charge in [-0.3, -0.25) is 4.79 Å².